The first-order valence-corrected chi connectivity index (χ1v) is 24.4. The molecule has 1 aliphatic heterocycles. The highest BCUT2D eigenvalue weighted by Crippen LogP contribution is 2.53. The number of benzene rings is 3. The number of carbonyl (C=O) groups is 1. The van der Waals surface area contributed by atoms with Gasteiger partial charge in [-0.2, -0.15) is 5.26 Å². The molecule has 0 aliphatic carbocycles. The number of esters is 1. The minimum Gasteiger partial charge on any atom is -0.494 e. The molecule has 11 heteroatoms. The molecular weight excluding hydrogens is 845 g/mol. The van der Waals surface area contributed by atoms with Crippen LogP contribution in [0.1, 0.15) is 90.9 Å². The minimum absolute atomic E-state index is 0.0893. The summed E-state index contributed by atoms with van der Waals surface area (Å²) in [4.78, 5) is 21.1. The van der Waals surface area contributed by atoms with E-state index in [1.807, 2.05) is 6.07 Å². The molecule has 3 aromatic heterocycles. The first-order valence-electron chi connectivity index (χ1n) is 22.0. The zero-order chi connectivity index (χ0) is 44.2. The fraction of sp³-hybridized carbons (Fsp3) is 0.346. The van der Waals surface area contributed by atoms with E-state index >= 15 is 0 Å². The van der Waals surface area contributed by atoms with Gasteiger partial charge < -0.3 is 28.6 Å². The van der Waals surface area contributed by atoms with E-state index in [1.165, 1.54) is 54.7 Å². The number of fused-ring (bicyclic) bond motifs is 1. The van der Waals surface area contributed by atoms with Gasteiger partial charge >= 0.3 is 5.97 Å². The summed E-state index contributed by atoms with van der Waals surface area (Å²) >= 11 is 4.87. The zero-order valence-electron chi connectivity index (χ0n) is 36.9. The Kier molecular flexibility index (Phi) is 15.7. The summed E-state index contributed by atoms with van der Waals surface area (Å²) in [6.07, 6.45) is 10.9. The van der Waals surface area contributed by atoms with Crippen molar-refractivity contribution in [3.05, 3.63) is 108 Å². The van der Waals surface area contributed by atoms with Crippen molar-refractivity contribution in [1.29, 1.82) is 5.26 Å². The van der Waals surface area contributed by atoms with E-state index in [2.05, 4.69) is 116 Å². The number of hydrogen-bond donors (Lipinski definition) is 0. The fourth-order valence-electron chi connectivity index (χ4n) is 7.09. The highest BCUT2D eigenvalue weighted by molar-refractivity contribution is 7.27. The molecule has 3 aromatic carbocycles. The van der Waals surface area contributed by atoms with Crippen LogP contribution in [0.3, 0.4) is 0 Å². The van der Waals surface area contributed by atoms with Gasteiger partial charge in [-0.25, -0.2) is 4.79 Å². The summed E-state index contributed by atoms with van der Waals surface area (Å²) in [5.41, 5.74) is 3.46. The highest BCUT2D eigenvalue weighted by Gasteiger charge is 2.28. The Labute approximate surface area is 384 Å². The topological polar surface area (TPSA) is 90.3 Å². The van der Waals surface area contributed by atoms with Crippen molar-refractivity contribution >= 4 is 63.1 Å². The number of ether oxygens (including phenoxy) is 5. The maximum Gasteiger partial charge on any atom is 0.349 e. The van der Waals surface area contributed by atoms with Gasteiger partial charge in [-0.1, -0.05) is 64.5 Å². The molecule has 8 nitrogen and oxygen atoms in total. The van der Waals surface area contributed by atoms with Crippen molar-refractivity contribution in [2.24, 2.45) is 0 Å². The molecule has 63 heavy (non-hydrogen) atoms. The van der Waals surface area contributed by atoms with E-state index in [9.17, 15) is 10.1 Å². The average Bonchev–Trinajstić information content (AvgIpc) is 4.06. The monoisotopic (exact) mass is 900 g/mol. The summed E-state index contributed by atoms with van der Waals surface area (Å²) in [5, 5.41) is 9.83. The van der Waals surface area contributed by atoms with Gasteiger partial charge in [-0.05, 0) is 130 Å². The Balaban J connectivity index is 1.10. The van der Waals surface area contributed by atoms with Crippen LogP contribution in [0.2, 0.25) is 0 Å². The van der Waals surface area contributed by atoms with Crippen molar-refractivity contribution in [3.63, 3.8) is 0 Å². The van der Waals surface area contributed by atoms with Gasteiger partial charge in [0.15, 0.2) is 11.5 Å². The fourth-order valence-corrected chi connectivity index (χ4v) is 10.4. The van der Waals surface area contributed by atoms with E-state index in [0.717, 1.165) is 79.7 Å². The van der Waals surface area contributed by atoms with Crippen LogP contribution in [-0.4, -0.2) is 38.0 Å². The third-order valence-corrected chi connectivity index (χ3v) is 13.9. The SMILES string of the molecule is CCCCCCOc1ccc(N(c2ccc(OCCCCCC)cc2)c2ccc(-c3ccc(-c4ccc(-c5sc(/C=C(\C#N)C(=O)OC(C)(C)C)c6c5OCCO6)s4)s3)cc2)cc1. The van der Waals surface area contributed by atoms with Crippen LogP contribution < -0.4 is 23.8 Å². The number of carbonyl (C=O) groups excluding carboxylic acids is 1. The molecule has 0 N–H and O–H groups in total. The van der Waals surface area contributed by atoms with Gasteiger partial charge in [0, 0.05) is 36.6 Å². The number of anilines is 3. The summed E-state index contributed by atoms with van der Waals surface area (Å²) < 4.78 is 29.8. The Hall–Kier alpha value is -5.54. The molecule has 0 atom stereocenters. The van der Waals surface area contributed by atoms with E-state index in [4.69, 9.17) is 23.7 Å². The molecule has 0 unspecified atom stereocenters. The molecule has 0 spiro atoms. The van der Waals surface area contributed by atoms with Gasteiger partial charge in [-0.15, -0.1) is 34.0 Å². The smallest absolute Gasteiger partial charge is 0.349 e. The Morgan fingerprint density at radius 2 is 1.14 bits per heavy atom. The maximum absolute atomic E-state index is 12.8. The highest BCUT2D eigenvalue weighted by atomic mass is 32.1. The third-order valence-electron chi connectivity index (χ3n) is 10.3. The number of hydrogen-bond acceptors (Lipinski definition) is 11. The first-order chi connectivity index (χ1) is 30.6. The summed E-state index contributed by atoms with van der Waals surface area (Å²) in [6.45, 7) is 12.0. The van der Waals surface area contributed by atoms with Crippen LogP contribution in [-0.2, 0) is 9.53 Å². The van der Waals surface area contributed by atoms with Crippen molar-refractivity contribution in [1.82, 2.24) is 0 Å². The normalized spacial score (nSPS) is 12.5. The van der Waals surface area contributed by atoms with E-state index in [-0.39, 0.29) is 5.57 Å². The molecule has 0 saturated heterocycles. The van der Waals surface area contributed by atoms with Crippen LogP contribution in [0, 0.1) is 11.3 Å². The van der Waals surface area contributed by atoms with Crippen LogP contribution in [0.5, 0.6) is 23.0 Å². The lowest BCUT2D eigenvalue weighted by Gasteiger charge is -2.26. The Bertz CT molecular complexity index is 2430. The molecule has 0 amide bonds. The lowest BCUT2D eigenvalue weighted by Crippen LogP contribution is -2.24. The predicted octanol–water partition coefficient (Wildman–Crippen LogP) is 15.3. The largest absolute Gasteiger partial charge is 0.494 e. The number of thiophene rings is 3. The van der Waals surface area contributed by atoms with Crippen LogP contribution in [0.15, 0.2) is 103 Å². The second-order valence-corrected chi connectivity index (χ2v) is 19.6. The zero-order valence-corrected chi connectivity index (χ0v) is 39.3. The number of nitriles is 1. The van der Waals surface area contributed by atoms with Gasteiger partial charge in [-0.3, -0.25) is 0 Å². The van der Waals surface area contributed by atoms with Crippen LogP contribution in [0.25, 0.3) is 36.0 Å². The molecule has 0 radical (unpaired) electrons. The van der Waals surface area contributed by atoms with Crippen molar-refractivity contribution in [3.8, 4) is 59.0 Å². The van der Waals surface area contributed by atoms with Gasteiger partial charge in [0.1, 0.15) is 42.0 Å². The second kappa shape index (κ2) is 21.7. The van der Waals surface area contributed by atoms with Gasteiger partial charge in [0.2, 0.25) is 0 Å². The van der Waals surface area contributed by atoms with Crippen molar-refractivity contribution in [2.45, 2.75) is 91.6 Å². The Morgan fingerprint density at radius 1 is 0.651 bits per heavy atom. The lowest BCUT2D eigenvalue weighted by molar-refractivity contribution is -0.149. The molecule has 328 valence electrons. The number of rotatable bonds is 20. The average molecular weight is 901 g/mol. The molecular formula is C52H56N2O6S3. The minimum atomic E-state index is -0.723. The van der Waals surface area contributed by atoms with E-state index in [0.29, 0.717) is 29.6 Å². The molecule has 7 rings (SSSR count). The van der Waals surface area contributed by atoms with Gasteiger partial charge in [0.25, 0.3) is 0 Å². The molecule has 6 aromatic rings. The van der Waals surface area contributed by atoms with Crippen LogP contribution >= 0.6 is 34.0 Å². The second-order valence-electron chi connectivity index (χ2n) is 16.3. The molecule has 0 fully saturated rings. The molecule has 4 heterocycles. The number of nitrogens with zero attached hydrogens (tertiary/aromatic N) is 2. The van der Waals surface area contributed by atoms with E-state index in [1.54, 1.807) is 49.5 Å². The van der Waals surface area contributed by atoms with Crippen LogP contribution in [0.4, 0.5) is 17.1 Å². The number of unbranched alkanes of at least 4 members (excludes halogenated alkanes) is 6. The Morgan fingerprint density at radius 3 is 1.67 bits per heavy atom. The molecule has 1 aliphatic rings. The summed E-state index contributed by atoms with van der Waals surface area (Å²) in [6, 6.07) is 36.1. The van der Waals surface area contributed by atoms with Gasteiger partial charge in [0.05, 0.1) is 23.0 Å². The third kappa shape index (κ3) is 11.9. The quantitative estimate of drug-likeness (QED) is 0.0324. The lowest BCUT2D eigenvalue weighted by atomic mass is 10.1. The maximum atomic E-state index is 12.8. The van der Waals surface area contributed by atoms with Crippen molar-refractivity contribution in [2.75, 3.05) is 31.3 Å². The summed E-state index contributed by atoms with van der Waals surface area (Å²) in [5.74, 6) is 2.28. The van der Waals surface area contributed by atoms with E-state index < -0.39 is 11.6 Å². The first kappa shape index (κ1) is 45.5. The predicted molar refractivity (Wildman–Crippen MR) is 261 cm³/mol. The molecule has 0 bridgehead atoms. The standard InChI is InChI=1S/C52H56N2O6S3/c1-6-8-10-12-30-56-41-22-18-39(19-23-41)54(40-20-24-42(25-21-40)57-31-13-11-9-7-2)38-16-14-36(15-17-38)43-26-27-44(61-43)45-28-29-46(62-45)50-49-48(58-32-33-59-49)47(63-50)34-37(35-53)51(55)60-52(3,4)5/h14-29,34H,6-13,30-33H2,1-5H3/b37-34+. The van der Waals surface area contributed by atoms with Crippen molar-refractivity contribution < 1.29 is 28.5 Å². The molecule has 0 saturated carbocycles. The summed E-state index contributed by atoms with van der Waals surface area (Å²) in [7, 11) is 0.